The predicted octanol–water partition coefficient (Wildman–Crippen LogP) is 3.59. The van der Waals surface area contributed by atoms with Crippen LogP contribution in [0, 0.1) is 0 Å². The lowest BCUT2D eigenvalue weighted by Crippen LogP contribution is -2.22. The van der Waals surface area contributed by atoms with Gasteiger partial charge in [-0.05, 0) is 39.0 Å². The minimum Gasteiger partial charge on any atom is -0.457 e. The van der Waals surface area contributed by atoms with Crippen LogP contribution in [0.2, 0.25) is 0 Å². The van der Waals surface area contributed by atoms with Crippen LogP contribution in [-0.2, 0) is 9.53 Å². The number of benzene rings is 1. The van der Waals surface area contributed by atoms with Crippen molar-refractivity contribution in [2.45, 2.75) is 26.4 Å². The third-order valence-corrected chi connectivity index (χ3v) is 2.42. The number of carbonyl (C=O) groups excluding carboxylic acids is 1. The molecule has 1 heterocycles. The van der Waals surface area contributed by atoms with Crippen molar-refractivity contribution < 1.29 is 9.53 Å². The molecule has 1 aromatic carbocycles. The number of esters is 1. The highest BCUT2D eigenvalue weighted by Crippen LogP contribution is 2.13. The molecule has 3 nitrogen and oxygen atoms in total. The number of nitrogens with zero attached hydrogens (tertiary/aromatic N) is 1. The number of rotatable bonds is 2. The molecule has 0 amide bonds. The Morgan fingerprint density at radius 2 is 1.89 bits per heavy atom. The second kappa shape index (κ2) is 5.22. The van der Waals surface area contributed by atoms with E-state index in [4.69, 9.17) is 4.74 Å². The highest BCUT2D eigenvalue weighted by Gasteiger charge is 2.13. The Morgan fingerprint density at radius 1 is 1.16 bits per heavy atom. The van der Waals surface area contributed by atoms with Gasteiger partial charge < -0.3 is 4.74 Å². The van der Waals surface area contributed by atoms with Gasteiger partial charge in [-0.3, -0.25) is 0 Å². The van der Waals surface area contributed by atoms with E-state index in [2.05, 4.69) is 4.98 Å². The molecule has 0 radical (unpaired) electrons. The summed E-state index contributed by atoms with van der Waals surface area (Å²) in [6.07, 6.45) is 3.07. The molecule has 0 fully saturated rings. The van der Waals surface area contributed by atoms with Crippen LogP contribution < -0.4 is 0 Å². The fourth-order valence-electron chi connectivity index (χ4n) is 1.66. The molecule has 0 N–H and O–H groups in total. The maximum Gasteiger partial charge on any atom is 0.331 e. The van der Waals surface area contributed by atoms with E-state index in [-0.39, 0.29) is 5.97 Å². The van der Waals surface area contributed by atoms with Crippen LogP contribution in [0.3, 0.4) is 0 Å². The van der Waals surface area contributed by atoms with Crippen molar-refractivity contribution in [3.05, 3.63) is 48.2 Å². The highest BCUT2D eigenvalue weighted by molar-refractivity contribution is 5.87. The number of para-hydroxylation sites is 1. The average Bonchev–Trinajstić information content (AvgIpc) is 2.34. The Bertz CT molecular complexity index is 624. The molecule has 0 spiro atoms. The Morgan fingerprint density at radius 3 is 2.63 bits per heavy atom. The van der Waals surface area contributed by atoms with E-state index >= 15 is 0 Å². The lowest BCUT2D eigenvalue weighted by atomic mass is 10.2. The molecule has 0 aliphatic carbocycles. The summed E-state index contributed by atoms with van der Waals surface area (Å²) < 4.78 is 5.19. The zero-order valence-electron chi connectivity index (χ0n) is 11.4. The zero-order chi connectivity index (χ0) is 13.9. The second-order valence-electron chi connectivity index (χ2n) is 5.30. The molecule has 2 rings (SSSR count). The molecule has 2 aromatic rings. The van der Waals surface area contributed by atoms with Crippen molar-refractivity contribution in [2.75, 3.05) is 0 Å². The maximum atomic E-state index is 11.6. The first-order valence-corrected chi connectivity index (χ1v) is 6.21. The average molecular weight is 255 g/mol. The van der Waals surface area contributed by atoms with E-state index in [1.807, 2.05) is 57.2 Å². The monoisotopic (exact) mass is 255 g/mol. The number of fused-ring (bicyclic) bond motifs is 1. The SMILES string of the molecule is CC(C)(C)OC(=O)C=Cc1ccc2ccccc2n1. The maximum absolute atomic E-state index is 11.6. The van der Waals surface area contributed by atoms with Gasteiger partial charge in [-0.25, -0.2) is 9.78 Å². The molecular formula is C16H17NO2. The molecule has 0 aliphatic heterocycles. The lowest BCUT2D eigenvalue weighted by Gasteiger charge is -2.17. The van der Waals surface area contributed by atoms with Crippen LogP contribution in [-0.4, -0.2) is 16.6 Å². The quantitative estimate of drug-likeness (QED) is 0.608. The van der Waals surface area contributed by atoms with Gasteiger partial charge in [-0.15, -0.1) is 0 Å². The molecule has 0 bridgehead atoms. The van der Waals surface area contributed by atoms with Gasteiger partial charge in [0.25, 0.3) is 0 Å². The third kappa shape index (κ3) is 3.91. The zero-order valence-corrected chi connectivity index (χ0v) is 11.4. The first kappa shape index (κ1) is 13.3. The van der Waals surface area contributed by atoms with E-state index in [1.54, 1.807) is 6.08 Å². The molecular weight excluding hydrogens is 238 g/mol. The summed E-state index contributed by atoms with van der Waals surface area (Å²) in [5.74, 6) is -0.359. The summed E-state index contributed by atoms with van der Waals surface area (Å²) in [6.45, 7) is 5.52. The molecule has 19 heavy (non-hydrogen) atoms. The number of ether oxygens (including phenoxy) is 1. The summed E-state index contributed by atoms with van der Waals surface area (Å²) in [5, 5.41) is 1.08. The van der Waals surface area contributed by atoms with Gasteiger partial charge >= 0.3 is 5.97 Å². The Labute approximate surface area is 112 Å². The van der Waals surface area contributed by atoms with Gasteiger partial charge in [0.1, 0.15) is 5.60 Å². The summed E-state index contributed by atoms with van der Waals surface area (Å²) in [5.41, 5.74) is 1.18. The van der Waals surface area contributed by atoms with Gasteiger partial charge in [-0.2, -0.15) is 0 Å². The van der Waals surface area contributed by atoms with E-state index in [1.165, 1.54) is 6.08 Å². The number of aromatic nitrogens is 1. The van der Waals surface area contributed by atoms with Crippen LogP contribution in [0.5, 0.6) is 0 Å². The van der Waals surface area contributed by atoms with Gasteiger partial charge in [0, 0.05) is 11.5 Å². The third-order valence-electron chi connectivity index (χ3n) is 2.42. The van der Waals surface area contributed by atoms with E-state index in [0.717, 1.165) is 16.6 Å². The number of pyridine rings is 1. The lowest BCUT2D eigenvalue weighted by molar-refractivity contribution is -0.148. The molecule has 1 aromatic heterocycles. The van der Waals surface area contributed by atoms with Crippen molar-refractivity contribution in [2.24, 2.45) is 0 Å². The second-order valence-corrected chi connectivity index (χ2v) is 5.30. The van der Waals surface area contributed by atoms with Crippen molar-refractivity contribution in [3.8, 4) is 0 Å². The van der Waals surface area contributed by atoms with Crippen molar-refractivity contribution in [1.82, 2.24) is 4.98 Å². The fraction of sp³-hybridized carbons (Fsp3) is 0.250. The van der Waals surface area contributed by atoms with Gasteiger partial charge in [0.2, 0.25) is 0 Å². The van der Waals surface area contributed by atoms with Gasteiger partial charge in [0.15, 0.2) is 0 Å². The van der Waals surface area contributed by atoms with E-state index < -0.39 is 5.60 Å². The molecule has 0 unspecified atom stereocenters. The van der Waals surface area contributed by atoms with Crippen molar-refractivity contribution >= 4 is 22.9 Å². The standard InChI is InChI=1S/C16H17NO2/c1-16(2,3)19-15(18)11-10-13-9-8-12-6-4-5-7-14(12)17-13/h4-11H,1-3H3. The van der Waals surface area contributed by atoms with Gasteiger partial charge in [0.05, 0.1) is 11.2 Å². The smallest absolute Gasteiger partial charge is 0.331 e. The highest BCUT2D eigenvalue weighted by atomic mass is 16.6. The number of hydrogen-bond donors (Lipinski definition) is 0. The molecule has 0 aliphatic rings. The van der Waals surface area contributed by atoms with Crippen LogP contribution in [0.15, 0.2) is 42.5 Å². The topological polar surface area (TPSA) is 39.2 Å². The molecule has 98 valence electrons. The minimum absolute atomic E-state index is 0.359. The molecule has 0 saturated heterocycles. The summed E-state index contributed by atoms with van der Waals surface area (Å²) in [7, 11) is 0. The van der Waals surface area contributed by atoms with Crippen LogP contribution in [0.1, 0.15) is 26.5 Å². The van der Waals surface area contributed by atoms with E-state index in [0.29, 0.717) is 0 Å². The fourth-order valence-corrected chi connectivity index (χ4v) is 1.66. The largest absolute Gasteiger partial charge is 0.457 e. The van der Waals surface area contributed by atoms with Gasteiger partial charge in [-0.1, -0.05) is 24.3 Å². The van der Waals surface area contributed by atoms with Crippen LogP contribution in [0.25, 0.3) is 17.0 Å². The first-order valence-electron chi connectivity index (χ1n) is 6.21. The minimum atomic E-state index is -0.474. The van der Waals surface area contributed by atoms with Crippen LogP contribution >= 0.6 is 0 Å². The predicted molar refractivity (Wildman–Crippen MR) is 76.6 cm³/mol. The summed E-state index contributed by atoms with van der Waals surface area (Å²) in [4.78, 5) is 16.0. The Balaban J connectivity index is 2.15. The van der Waals surface area contributed by atoms with Crippen molar-refractivity contribution in [3.63, 3.8) is 0 Å². The molecule has 0 atom stereocenters. The first-order chi connectivity index (χ1) is 8.94. The van der Waals surface area contributed by atoms with Crippen LogP contribution in [0.4, 0.5) is 0 Å². The summed E-state index contributed by atoms with van der Waals surface area (Å²) >= 11 is 0. The number of carbonyl (C=O) groups is 1. The van der Waals surface area contributed by atoms with E-state index in [9.17, 15) is 4.79 Å². The Hall–Kier alpha value is -2.16. The number of hydrogen-bond acceptors (Lipinski definition) is 3. The molecule has 3 heteroatoms. The molecule has 0 saturated carbocycles. The Kier molecular flexibility index (Phi) is 3.65. The summed E-state index contributed by atoms with van der Waals surface area (Å²) in [6, 6.07) is 11.7. The normalized spacial score (nSPS) is 11.9. The van der Waals surface area contributed by atoms with Crippen molar-refractivity contribution in [1.29, 1.82) is 0 Å².